The average molecular weight is 367 g/mol. The second kappa shape index (κ2) is 6.29. The van der Waals surface area contributed by atoms with Gasteiger partial charge in [0.05, 0.1) is 11.6 Å². The molecule has 3 rings (SSSR count). The number of ether oxygens (including phenoxy) is 1. The van der Waals surface area contributed by atoms with Gasteiger partial charge in [0.2, 0.25) is 0 Å². The van der Waals surface area contributed by atoms with Crippen molar-refractivity contribution in [2.24, 2.45) is 0 Å². The fraction of sp³-hybridized carbons (Fsp3) is 0.294. The summed E-state index contributed by atoms with van der Waals surface area (Å²) in [5.74, 6) is 1.47. The van der Waals surface area contributed by atoms with E-state index in [2.05, 4.69) is 45.5 Å². The number of rotatable bonds is 4. The summed E-state index contributed by atoms with van der Waals surface area (Å²) in [6.07, 6.45) is 2.29. The van der Waals surface area contributed by atoms with Gasteiger partial charge < -0.3 is 10.1 Å². The van der Waals surface area contributed by atoms with E-state index >= 15 is 0 Å². The molecule has 0 saturated heterocycles. The van der Waals surface area contributed by atoms with Crippen LogP contribution in [0, 0.1) is 0 Å². The van der Waals surface area contributed by atoms with Crippen molar-refractivity contribution in [3.63, 3.8) is 0 Å². The summed E-state index contributed by atoms with van der Waals surface area (Å²) in [6, 6.07) is 14.8. The second-order valence-corrected chi connectivity index (χ2v) is 6.70. The SMILES string of the molecule is COc1ccc(NC2CC(c3cccc(Cl)c3)C2)cc1Br. The number of methoxy groups -OCH3 is 1. The predicted octanol–water partition coefficient (Wildman–Crippen LogP) is 5.47. The van der Waals surface area contributed by atoms with Gasteiger partial charge in [-0.2, -0.15) is 0 Å². The van der Waals surface area contributed by atoms with Crippen molar-refractivity contribution in [2.75, 3.05) is 12.4 Å². The van der Waals surface area contributed by atoms with Crippen LogP contribution < -0.4 is 10.1 Å². The monoisotopic (exact) mass is 365 g/mol. The molecular formula is C17H17BrClNO. The average Bonchev–Trinajstić information content (AvgIpc) is 2.42. The molecule has 1 aliphatic carbocycles. The molecule has 0 heterocycles. The van der Waals surface area contributed by atoms with Gasteiger partial charge in [-0.3, -0.25) is 0 Å². The highest BCUT2D eigenvalue weighted by Gasteiger charge is 2.30. The molecule has 1 fully saturated rings. The van der Waals surface area contributed by atoms with E-state index in [1.165, 1.54) is 5.56 Å². The minimum absolute atomic E-state index is 0.522. The molecule has 1 N–H and O–H groups in total. The standard InChI is InChI=1S/C17H17BrClNO/c1-21-17-6-5-14(10-16(17)18)20-15-8-12(9-15)11-3-2-4-13(19)7-11/h2-7,10,12,15,20H,8-9H2,1H3. The molecule has 0 aromatic heterocycles. The van der Waals surface area contributed by atoms with Gasteiger partial charge >= 0.3 is 0 Å². The minimum Gasteiger partial charge on any atom is -0.496 e. The van der Waals surface area contributed by atoms with Gasteiger partial charge in [0.15, 0.2) is 0 Å². The van der Waals surface area contributed by atoms with Crippen molar-refractivity contribution < 1.29 is 4.74 Å². The molecule has 0 bridgehead atoms. The van der Waals surface area contributed by atoms with E-state index < -0.39 is 0 Å². The van der Waals surface area contributed by atoms with Gasteiger partial charge in [0, 0.05) is 16.8 Å². The summed E-state index contributed by atoms with van der Waals surface area (Å²) in [7, 11) is 1.68. The summed E-state index contributed by atoms with van der Waals surface area (Å²) in [4.78, 5) is 0. The van der Waals surface area contributed by atoms with Crippen LogP contribution in [0.25, 0.3) is 0 Å². The van der Waals surface area contributed by atoms with Crippen molar-refractivity contribution in [3.05, 3.63) is 57.5 Å². The number of anilines is 1. The topological polar surface area (TPSA) is 21.3 Å². The number of halogens is 2. The van der Waals surface area contributed by atoms with E-state index in [4.69, 9.17) is 16.3 Å². The molecule has 2 nitrogen and oxygen atoms in total. The Balaban J connectivity index is 1.58. The first-order valence-corrected chi connectivity index (χ1v) is 8.18. The highest BCUT2D eigenvalue weighted by molar-refractivity contribution is 9.10. The maximum absolute atomic E-state index is 6.05. The van der Waals surface area contributed by atoms with E-state index in [1.54, 1.807) is 7.11 Å². The molecule has 0 spiro atoms. The van der Waals surface area contributed by atoms with E-state index in [-0.39, 0.29) is 0 Å². The first-order valence-electron chi connectivity index (χ1n) is 7.01. The van der Waals surface area contributed by atoms with Gasteiger partial charge in [-0.1, -0.05) is 23.7 Å². The van der Waals surface area contributed by atoms with Crippen molar-refractivity contribution >= 4 is 33.2 Å². The van der Waals surface area contributed by atoms with Crippen LogP contribution in [0.1, 0.15) is 24.3 Å². The van der Waals surface area contributed by atoms with Crippen molar-refractivity contribution in [2.45, 2.75) is 24.8 Å². The molecule has 110 valence electrons. The smallest absolute Gasteiger partial charge is 0.133 e. The zero-order valence-electron chi connectivity index (χ0n) is 11.8. The zero-order valence-corrected chi connectivity index (χ0v) is 14.1. The fourth-order valence-electron chi connectivity index (χ4n) is 2.76. The van der Waals surface area contributed by atoms with Crippen LogP contribution in [0.5, 0.6) is 5.75 Å². The van der Waals surface area contributed by atoms with Gasteiger partial charge in [-0.15, -0.1) is 0 Å². The second-order valence-electron chi connectivity index (χ2n) is 5.41. The molecule has 1 aliphatic rings. The molecule has 0 radical (unpaired) electrons. The third-order valence-corrected chi connectivity index (χ3v) is 4.84. The molecule has 0 aliphatic heterocycles. The first-order chi connectivity index (χ1) is 10.2. The van der Waals surface area contributed by atoms with Crippen LogP contribution in [0.4, 0.5) is 5.69 Å². The Kier molecular flexibility index (Phi) is 4.41. The largest absolute Gasteiger partial charge is 0.496 e. The van der Waals surface area contributed by atoms with E-state index in [9.17, 15) is 0 Å². The molecule has 2 aromatic rings. The summed E-state index contributed by atoms with van der Waals surface area (Å²) >= 11 is 9.56. The molecule has 21 heavy (non-hydrogen) atoms. The quantitative estimate of drug-likeness (QED) is 0.774. The summed E-state index contributed by atoms with van der Waals surface area (Å²) < 4.78 is 6.22. The third-order valence-electron chi connectivity index (χ3n) is 3.98. The lowest BCUT2D eigenvalue weighted by molar-refractivity contribution is 0.374. The van der Waals surface area contributed by atoms with E-state index in [1.807, 2.05) is 18.2 Å². The Morgan fingerprint density at radius 3 is 2.67 bits per heavy atom. The Morgan fingerprint density at radius 1 is 1.19 bits per heavy atom. The maximum atomic E-state index is 6.05. The third kappa shape index (κ3) is 3.35. The van der Waals surface area contributed by atoms with Crippen LogP contribution in [0.2, 0.25) is 5.02 Å². The summed E-state index contributed by atoms with van der Waals surface area (Å²) in [5.41, 5.74) is 2.47. The van der Waals surface area contributed by atoms with E-state index in [0.29, 0.717) is 12.0 Å². The van der Waals surface area contributed by atoms with Gasteiger partial charge in [0.25, 0.3) is 0 Å². The molecule has 0 unspecified atom stereocenters. The lowest BCUT2D eigenvalue weighted by atomic mass is 9.76. The molecule has 4 heteroatoms. The van der Waals surface area contributed by atoms with Crippen LogP contribution in [0.3, 0.4) is 0 Å². The highest BCUT2D eigenvalue weighted by Crippen LogP contribution is 2.39. The van der Waals surface area contributed by atoms with Crippen LogP contribution >= 0.6 is 27.5 Å². The minimum atomic E-state index is 0.522. The lowest BCUT2D eigenvalue weighted by Crippen LogP contribution is -2.33. The lowest BCUT2D eigenvalue weighted by Gasteiger charge is -2.37. The fourth-order valence-corrected chi connectivity index (χ4v) is 3.50. The molecular weight excluding hydrogens is 350 g/mol. The number of hydrogen-bond acceptors (Lipinski definition) is 2. The number of hydrogen-bond donors (Lipinski definition) is 1. The van der Waals surface area contributed by atoms with Gasteiger partial charge in [-0.05, 0) is 70.6 Å². The van der Waals surface area contributed by atoms with Crippen LogP contribution in [-0.2, 0) is 0 Å². The molecule has 0 amide bonds. The first kappa shape index (κ1) is 14.7. The van der Waals surface area contributed by atoms with Gasteiger partial charge in [0.1, 0.15) is 5.75 Å². The maximum Gasteiger partial charge on any atom is 0.133 e. The summed E-state index contributed by atoms with van der Waals surface area (Å²) in [5, 5.41) is 4.39. The highest BCUT2D eigenvalue weighted by atomic mass is 79.9. The number of nitrogens with one attached hydrogen (secondary N) is 1. The van der Waals surface area contributed by atoms with Gasteiger partial charge in [-0.25, -0.2) is 0 Å². The Bertz CT molecular complexity index is 640. The van der Waals surface area contributed by atoms with Crippen molar-refractivity contribution in [1.29, 1.82) is 0 Å². The van der Waals surface area contributed by atoms with Crippen LogP contribution in [0.15, 0.2) is 46.9 Å². The predicted molar refractivity (Wildman–Crippen MR) is 91.5 cm³/mol. The van der Waals surface area contributed by atoms with Crippen LogP contribution in [-0.4, -0.2) is 13.2 Å². The van der Waals surface area contributed by atoms with E-state index in [0.717, 1.165) is 33.8 Å². The molecule has 1 saturated carbocycles. The zero-order chi connectivity index (χ0) is 14.8. The Hall–Kier alpha value is -1.19. The normalized spacial score (nSPS) is 20.7. The molecule has 2 aromatic carbocycles. The summed E-state index contributed by atoms with van der Waals surface area (Å²) in [6.45, 7) is 0. The Labute approximate surface area is 138 Å². The number of benzene rings is 2. The Morgan fingerprint density at radius 2 is 2.00 bits per heavy atom. The molecule has 0 atom stereocenters. The van der Waals surface area contributed by atoms with Crippen molar-refractivity contribution in [1.82, 2.24) is 0 Å². The van der Waals surface area contributed by atoms with Crippen molar-refractivity contribution in [3.8, 4) is 5.75 Å².